The highest BCUT2D eigenvalue weighted by Crippen LogP contribution is 2.16. The van der Waals surface area contributed by atoms with Gasteiger partial charge in [0.05, 0.1) is 12.3 Å². The van der Waals surface area contributed by atoms with Crippen molar-refractivity contribution in [1.82, 2.24) is 9.88 Å². The SMILES string of the molecule is CCOC(=O)C(C)(C)N(C)Cc1ccccn1. The molecule has 0 aromatic carbocycles. The molecule has 1 heterocycles. The normalized spacial score (nSPS) is 11.6. The van der Waals surface area contributed by atoms with Crippen LogP contribution < -0.4 is 0 Å². The molecule has 0 unspecified atom stereocenters. The van der Waals surface area contributed by atoms with Crippen LogP contribution >= 0.6 is 0 Å². The molecule has 0 bridgehead atoms. The van der Waals surface area contributed by atoms with Gasteiger partial charge in [-0.3, -0.25) is 14.7 Å². The van der Waals surface area contributed by atoms with Gasteiger partial charge in [0, 0.05) is 12.7 Å². The highest BCUT2D eigenvalue weighted by molar-refractivity contribution is 5.79. The summed E-state index contributed by atoms with van der Waals surface area (Å²) < 4.78 is 5.06. The summed E-state index contributed by atoms with van der Waals surface area (Å²) in [7, 11) is 1.89. The maximum Gasteiger partial charge on any atom is 0.325 e. The molecule has 0 fully saturated rings. The molecule has 0 N–H and O–H groups in total. The Labute approximate surface area is 103 Å². The van der Waals surface area contributed by atoms with Gasteiger partial charge in [-0.05, 0) is 40.0 Å². The molecule has 0 spiro atoms. The predicted molar refractivity (Wildman–Crippen MR) is 66.4 cm³/mol. The van der Waals surface area contributed by atoms with Crippen LogP contribution in [0.2, 0.25) is 0 Å². The topological polar surface area (TPSA) is 42.4 Å². The van der Waals surface area contributed by atoms with Crippen LogP contribution in [-0.4, -0.2) is 35.0 Å². The number of rotatable bonds is 5. The number of hydrogen-bond acceptors (Lipinski definition) is 4. The van der Waals surface area contributed by atoms with E-state index in [9.17, 15) is 4.79 Å². The van der Waals surface area contributed by atoms with Crippen molar-refractivity contribution in [1.29, 1.82) is 0 Å². The molecule has 0 aliphatic heterocycles. The maximum absolute atomic E-state index is 11.8. The Bertz CT molecular complexity index is 363. The van der Waals surface area contributed by atoms with E-state index >= 15 is 0 Å². The molecule has 0 atom stereocenters. The zero-order chi connectivity index (χ0) is 12.9. The van der Waals surface area contributed by atoms with Crippen molar-refractivity contribution in [2.24, 2.45) is 0 Å². The first-order valence-corrected chi connectivity index (χ1v) is 5.77. The predicted octanol–water partition coefficient (Wildman–Crippen LogP) is 1.86. The average molecular weight is 236 g/mol. The van der Waals surface area contributed by atoms with Crippen molar-refractivity contribution >= 4 is 5.97 Å². The summed E-state index contributed by atoms with van der Waals surface area (Å²) in [5, 5.41) is 0. The molecule has 0 saturated carbocycles. The lowest BCUT2D eigenvalue weighted by molar-refractivity contribution is -0.155. The summed E-state index contributed by atoms with van der Waals surface area (Å²) >= 11 is 0. The fraction of sp³-hybridized carbons (Fsp3) is 0.538. The quantitative estimate of drug-likeness (QED) is 0.732. The summed E-state index contributed by atoms with van der Waals surface area (Å²) in [5.74, 6) is -0.210. The van der Waals surface area contributed by atoms with Crippen LogP contribution in [0.4, 0.5) is 0 Å². The van der Waals surface area contributed by atoms with Crippen LogP contribution in [0, 0.1) is 0 Å². The number of hydrogen-bond donors (Lipinski definition) is 0. The minimum Gasteiger partial charge on any atom is -0.465 e. The summed E-state index contributed by atoms with van der Waals surface area (Å²) in [6, 6.07) is 5.76. The molecule has 4 heteroatoms. The Balaban J connectivity index is 2.69. The molecule has 4 nitrogen and oxygen atoms in total. The molecule has 0 radical (unpaired) electrons. The van der Waals surface area contributed by atoms with Crippen LogP contribution in [0.25, 0.3) is 0 Å². The molecule has 0 aliphatic carbocycles. The molecule has 1 aromatic rings. The van der Waals surface area contributed by atoms with E-state index in [2.05, 4.69) is 4.98 Å². The Morgan fingerprint density at radius 1 is 1.47 bits per heavy atom. The Kier molecular flexibility index (Phi) is 4.63. The van der Waals surface area contributed by atoms with Gasteiger partial charge in [0.1, 0.15) is 5.54 Å². The monoisotopic (exact) mass is 236 g/mol. The van der Waals surface area contributed by atoms with Crippen molar-refractivity contribution in [2.75, 3.05) is 13.7 Å². The lowest BCUT2D eigenvalue weighted by Gasteiger charge is -2.32. The number of aromatic nitrogens is 1. The molecule has 0 aliphatic rings. The van der Waals surface area contributed by atoms with Gasteiger partial charge in [-0.25, -0.2) is 0 Å². The van der Waals surface area contributed by atoms with Crippen molar-refractivity contribution in [3.8, 4) is 0 Å². The third kappa shape index (κ3) is 3.53. The van der Waals surface area contributed by atoms with Gasteiger partial charge in [-0.15, -0.1) is 0 Å². The van der Waals surface area contributed by atoms with Gasteiger partial charge in [-0.1, -0.05) is 6.07 Å². The van der Waals surface area contributed by atoms with Gasteiger partial charge in [0.25, 0.3) is 0 Å². The fourth-order valence-electron chi connectivity index (χ4n) is 1.40. The van der Waals surface area contributed by atoms with Crippen LogP contribution in [0.15, 0.2) is 24.4 Å². The minimum absolute atomic E-state index is 0.210. The van der Waals surface area contributed by atoms with E-state index in [1.807, 2.05) is 50.9 Å². The third-order valence-corrected chi connectivity index (χ3v) is 2.85. The number of carbonyl (C=O) groups excluding carboxylic acids is 1. The minimum atomic E-state index is -0.645. The average Bonchev–Trinajstić information content (AvgIpc) is 2.30. The number of esters is 1. The van der Waals surface area contributed by atoms with Gasteiger partial charge < -0.3 is 4.74 Å². The number of pyridine rings is 1. The molecular weight excluding hydrogens is 216 g/mol. The van der Waals surface area contributed by atoms with Gasteiger partial charge in [0.2, 0.25) is 0 Å². The van der Waals surface area contributed by atoms with E-state index in [0.29, 0.717) is 13.2 Å². The van der Waals surface area contributed by atoms with Crippen LogP contribution in [-0.2, 0) is 16.1 Å². The van der Waals surface area contributed by atoms with E-state index in [4.69, 9.17) is 4.74 Å². The van der Waals surface area contributed by atoms with Crippen LogP contribution in [0.3, 0.4) is 0 Å². The van der Waals surface area contributed by atoms with E-state index in [1.54, 1.807) is 6.20 Å². The lowest BCUT2D eigenvalue weighted by atomic mass is 10.0. The molecule has 1 rings (SSSR count). The Morgan fingerprint density at radius 3 is 2.71 bits per heavy atom. The molecule has 0 amide bonds. The number of ether oxygens (including phenoxy) is 1. The van der Waals surface area contributed by atoms with E-state index < -0.39 is 5.54 Å². The molecular formula is C13H20N2O2. The standard InChI is InChI=1S/C13H20N2O2/c1-5-17-12(16)13(2,3)15(4)10-11-8-6-7-9-14-11/h6-9H,5,10H2,1-4H3. The van der Waals surface area contributed by atoms with E-state index in [0.717, 1.165) is 5.69 Å². The van der Waals surface area contributed by atoms with Crippen molar-refractivity contribution < 1.29 is 9.53 Å². The second-order valence-electron chi connectivity index (χ2n) is 4.46. The van der Waals surface area contributed by atoms with Crippen molar-refractivity contribution in [3.63, 3.8) is 0 Å². The second-order valence-corrected chi connectivity index (χ2v) is 4.46. The largest absolute Gasteiger partial charge is 0.465 e. The van der Waals surface area contributed by atoms with Crippen LogP contribution in [0.5, 0.6) is 0 Å². The van der Waals surface area contributed by atoms with Gasteiger partial charge in [-0.2, -0.15) is 0 Å². The molecule has 0 saturated heterocycles. The van der Waals surface area contributed by atoms with Gasteiger partial charge in [0.15, 0.2) is 0 Å². The summed E-state index contributed by atoms with van der Waals surface area (Å²) in [5.41, 5.74) is 0.292. The second kappa shape index (κ2) is 5.77. The maximum atomic E-state index is 11.8. The Hall–Kier alpha value is -1.42. The molecule has 1 aromatic heterocycles. The van der Waals surface area contributed by atoms with Gasteiger partial charge >= 0.3 is 5.97 Å². The number of carbonyl (C=O) groups is 1. The molecule has 17 heavy (non-hydrogen) atoms. The first-order valence-electron chi connectivity index (χ1n) is 5.77. The number of likely N-dealkylation sites (N-methyl/N-ethyl adjacent to an activating group) is 1. The number of nitrogens with zero attached hydrogens (tertiary/aromatic N) is 2. The van der Waals surface area contributed by atoms with Crippen molar-refractivity contribution in [2.45, 2.75) is 32.9 Å². The fourth-order valence-corrected chi connectivity index (χ4v) is 1.40. The first-order chi connectivity index (χ1) is 7.98. The van der Waals surface area contributed by atoms with E-state index in [1.165, 1.54) is 0 Å². The smallest absolute Gasteiger partial charge is 0.325 e. The molecule has 94 valence electrons. The summed E-state index contributed by atoms with van der Waals surface area (Å²) in [6.45, 7) is 6.54. The third-order valence-electron chi connectivity index (χ3n) is 2.85. The van der Waals surface area contributed by atoms with Crippen molar-refractivity contribution in [3.05, 3.63) is 30.1 Å². The summed E-state index contributed by atoms with van der Waals surface area (Å²) in [6.07, 6.45) is 1.75. The zero-order valence-corrected chi connectivity index (χ0v) is 10.9. The highest BCUT2D eigenvalue weighted by atomic mass is 16.5. The first kappa shape index (κ1) is 13.6. The van der Waals surface area contributed by atoms with Crippen LogP contribution in [0.1, 0.15) is 26.5 Å². The Morgan fingerprint density at radius 2 is 2.18 bits per heavy atom. The highest BCUT2D eigenvalue weighted by Gasteiger charge is 2.33. The summed E-state index contributed by atoms with van der Waals surface area (Å²) in [4.78, 5) is 18.0. The zero-order valence-electron chi connectivity index (χ0n) is 10.9. The van der Waals surface area contributed by atoms with E-state index in [-0.39, 0.29) is 5.97 Å². The lowest BCUT2D eigenvalue weighted by Crippen LogP contribution is -2.48.